The molecule has 0 aromatic heterocycles. The fourth-order valence-electron chi connectivity index (χ4n) is 5.95. The van der Waals surface area contributed by atoms with Gasteiger partial charge in [0.1, 0.15) is 6.10 Å². The zero-order valence-electron chi connectivity index (χ0n) is 29.2. The zero-order valence-corrected chi connectivity index (χ0v) is 29.2. The lowest BCUT2D eigenvalue weighted by molar-refractivity contribution is -0.158. The van der Waals surface area contributed by atoms with E-state index in [1.54, 1.807) is 79.7 Å². The summed E-state index contributed by atoms with van der Waals surface area (Å²) in [6, 6.07) is 24.3. The van der Waals surface area contributed by atoms with Gasteiger partial charge in [0.15, 0.2) is 17.7 Å². The molecule has 1 aliphatic heterocycles. The molecule has 3 aromatic carbocycles. The third-order valence-electron chi connectivity index (χ3n) is 8.41. The lowest BCUT2D eigenvalue weighted by Gasteiger charge is -2.29. The normalized spacial score (nSPS) is 17.1. The first-order valence-electron chi connectivity index (χ1n) is 17.0. The lowest BCUT2D eigenvalue weighted by atomic mass is 9.87. The van der Waals surface area contributed by atoms with Crippen molar-refractivity contribution < 1.29 is 48.0 Å². The number of amides is 2. The second-order valence-corrected chi connectivity index (χ2v) is 12.3. The van der Waals surface area contributed by atoms with Crippen LogP contribution in [0.1, 0.15) is 55.0 Å². The number of Topliss-reactive ketones (excluding diaryl/α,β-unsaturated/α-hetero) is 1. The molecule has 0 spiro atoms. The molecule has 0 bridgehead atoms. The number of aryl methyl sites for hydroxylation is 1. The van der Waals surface area contributed by atoms with E-state index in [4.69, 9.17) is 24.1 Å². The van der Waals surface area contributed by atoms with Crippen LogP contribution < -0.4 is 0 Å². The third kappa shape index (κ3) is 11.0. The topological polar surface area (TPSA) is 146 Å². The van der Waals surface area contributed by atoms with Crippen molar-refractivity contribution in [1.82, 2.24) is 4.90 Å². The van der Waals surface area contributed by atoms with Gasteiger partial charge in [0.05, 0.1) is 38.4 Å². The summed E-state index contributed by atoms with van der Waals surface area (Å²) in [5.74, 6) is -4.01. The lowest BCUT2D eigenvalue weighted by Crippen LogP contribution is -2.49. The Hall–Kier alpha value is -4.97. The average molecular weight is 700 g/mol. The van der Waals surface area contributed by atoms with Crippen LogP contribution >= 0.6 is 0 Å². The number of carbonyl (C=O) groups is 5. The van der Waals surface area contributed by atoms with Crippen molar-refractivity contribution in [2.24, 2.45) is 5.92 Å². The number of hydrogen-bond donors (Lipinski definition) is 1. The van der Waals surface area contributed by atoms with Gasteiger partial charge in [0.25, 0.3) is 0 Å². The zero-order chi connectivity index (χ0) is 36.8. The van der Waals surface area contributed by atoms with E-state index in [1.165, 1.54) is 0 Å². The van der Waals surface area contributed by atoms with E-state index in [-0.39, 0.29) is 44.0 Å². The first-order valence-corrected chi connectivity index (χ1v) is 17.0. The van der Waals surface area contributed by atoms with Crippen LogP contribution in [0.2, 0.25) is 0 Å². The number of aliphatic hydroxyl groups excluding tert-OH is 1. The van der Waals surface area contributed by atoms with Crippen LogP contribution in [0.15, 0.2) is 91.0 Å². The van der Waals surface area contributed by atoms with E-state index in [0.29, 0.717) is 36.3 Å². The SMILES string of the molecule is CC(=O)O[C@@H](C(=O)C=C(C(=O)CCCOCCOCCO)c1cccc(C)c1)[C@@H](Cc1ccccc1)C(=O)N1C(=O)O[C@@H](c2ccccc2)[C@H]1C. The minimum absolute atomic E-state index is 0.0449. The highest BCUT2D eigenvalue weighted by atomic mass is 16.6. The van der Waals surface area contributed by atoms with E-state index in [0.717, 1.165) is 23.5 Å². The Labute approximate surface area is 298 Å². The van der Waals surface area contributed by atoms with Crippen LogP contribution in [-0.4, -0.2) is 84.7 Å². The van der Waals surface area contributed by atoms with Crippen LogP contribution in [0.4, 0.5) is 4.79 Å². The summed E-state index contributed by atoms with van der Waals surface area (Å²) in [7, 11) is 0. The molecule has 0 unspecified atom stereocenters. The van der Waals surface area contributed by atoms with Gasteiger partial charge in [-0.25, -0.2) is 9.69 Å². The summed E-state index contributed by atoms with van der Waals surface area (Å²) in [5, 5.41) is 8.82. The fraction of sp³-hybridized carbons (Fsp3) is 0.375. The predicted octanol–water partition coefficient (Wildman–Crippen LogP) is 5.22. The largest absolute Gasteiger partial charge is 0.453 e. The quantitative estimate of drug-likeness (QED) is 0.100. The number of nitrogens with zero attached hydrogens (tertiary/aromatic N) is 1. The minimum atomic E-state index is -1.67. The summed E-state index contributed by atoms with van der Waals surface area (Å²) < 4.78 is 22.0. The summed E-state index contributed by atoms with van der Waals surface area (Å²) in [6.07, 6.45) is -1.79. The maximum absolute atomic E-state index is 14.5. The Morgan fingerprint density at radius 1 is 0.902 bits per heavy atom. The van der Waals surface area contributed by atoms with E-state index in [1.807, 2.05) is 19.1 Å². The maximum atomic E-state index is 14.5. The molecule has 4 atom stereocenters. The van der Waals surface area contributed by atoms with Crippen molar-refractivity contribution >= 4 is 35.1 Å². The summed E-state index contributed by atoms with van der Waals surface area (Å²) in [5.41, 5.74) is 2.80. The van der Waals surface area contributed by atoms with Gasteiger partial charge in [-0.05, 0) is 49.5 Å². The Balaban J connectivity index is 1.66. The number of benzene rings is 3. The summed E-state index contributed by atoms with van der Waals surface area (Å²) >= 11 is 0. The van der Waals surface area contributed by atoms with Crippen LogP contribution in [0.5, 0.6) is 0 Å². The van der Waals surface area contributed by atoms with Crippen LogP contribution in [0.3, 0.4) is 0 Å². The molecule has 11 heteroatoms. The van der Waals surface area contributed by atoms with Gasteiger partial charge in [-0.2, -0.15) is 0 Å². The standard InChI is InChI=1S/C40H45NO10/c1-27-12-10-17-32(24-27)33(35(44)18-11-20-48-22-23-49-21-19-42)26-36(45)38(50-29(3)43)34(25-30-13-6-4-7-14-30)39(46)41-28(2)37(51-40(41)47)31-15-8-5-9-16-31/h4-10,12-17,24,26,28,34,37-38,42H,11,18-23,25H2,1-3H3/t28-,34-,37-,38-/m1/s1. The highest BCUT2D eigenvalue weighted by Gasteiger charge is 2.48. The van der Waals surface area contributed by atoms with Gasteiger partial charge in [-0.15, -0.1) is 0 Å². The van der Waals surface area contributed by atoms with Crippen molar-refractivity contribution in [3.63, 3.8) is 0 Å². The van der Waals surface area contributed by atoms with Crippen molar-refractivity contribution in [2.45, 2.75) is 58.3 Å². The molecule has 3 aromatic rings. The third-order valence-corrected chi connectivity index (χ3v) is 8.41. The predicted molar refractivity (Wildman–Crippen MR) is 188 cm³/mol. The number of esters is 1. The van der Waals surface area contributed by atoms with Crippen molar-refractivity contribution in [2.75, 3.05) is 33.0 Å². The molecule has 0 aliphatic carbocycles. The van der Waals surface area contributed by atoms with Crippen molar-refractivity contribution in [3.05, 3.63) is 113 Å². The smallest absolute Gasteiger partial charge is 0.417 e. The van der Waals surface area contributed by atoms with Gasteiger partial charge < -0.3 is 24.1 Å². The molecule has 270 valence electrons. The number of ketones is 2. The Kier molecular flexibility index (Phi) is 14.8. The average Bonchev–Trinajstić information content (AvgIpc) is 3.43. The molecule has 0 saturated carbocycles. The highest BCUT2D eigenvalue weighted by molar-refractivity contribution is 6.25. The number of carbonyl (C=O) groups excluding carboxylic acids is 5. The molecule has 0 radical (unpaired) electrons. The first kappa shape index (κ1) is 38.8. The number of rotatable bonds is 19. The highest BCUT2D eigenvalue weighted by Crippen LogP contribution is 2.35. The minimum Gasteiger partial charge on any atom is -0.453 e. The van der Waals surface area contributed by atoms with Gasteiger partial charge in [0, 0.05) is 25.5 Å². The van der Waals surface area contributed by atoms with Crippen LogP contribution in [0, 0.1) is 12.8 Å². The molecule has 4 rings (SSSR count). The van der Waals surface area contributed by atoms with Crippen molar-refractivity contribution in [3.8, 4) is 0 Å². The van der Waals surface area contributed by atoms with E-state index >= 15 is 0 Å². The molecule has 1 heterocycles. The van der Waals surface area contributed by atoms with E-state index in [2.05, 4.69) is 0 Å². The number of cyclic esters (lactones) is 1. The number of ether oxygens (including phenoxy) is 4. The van der Waals surface area contributed by atoms with Gasteiger partial charge in [0.2, 0.25) is 5.91 Å². The Morgan fingerprint density at radius 2 is 1.57 bits per heavy atom. The molecule has 1 saturated heterocycles. The number of hydrogen-bond acceptors (Lipinski definition) is 10. The second-order valence-electron chi connectivity index (χ2n) is 12.3. The van der Waals surface area contributed by atoms with Gasteiger partial charge in [-0.3, -0.25) is 19.2 Å². The Morgan fingerprint density at radius 3 is 2.22 bits per heavy atom. The molecule has 1 N–H and O–H groups in total. The first-order chi connectivity index (χ1) is 24.6. The monoisotopic (exact) mass is 699 g/mol. The molecular formula is C40H45NO10. The van der Waals surface area contributed by atoms with E-state index < -0.39 is 47.9 Å². The fourth-order valence-corrected chi connectivity index (χ4v) is 5.95. The summed E-state index contributed by atoms with van der Waals surface area (Å²) in [6.45, 7) is 5.66. The molecular weight excluding hydrogens is 654 g/mol. The van der Waals surface area contributed by atoms with E-state index in [9.17, 15) is 24.0 Å². The number of allylic oxidation sites excluding steroid dienone is 1. The van der Waals surface area contributed by atoms with Gasteiger partial charge >= 0.3 is 12.1 Å². The molecule has 2 amide bonds. The maximum Gasteiger partial charge on any atom is 0.417 e. The summed E-state index contributed by atoms with van der Waals surface area (Å²) in [4.78, 5) is 69.3. The van der Waals surface area contributed by atoms with Crippen LogP contribution in [-0.2, 0) is 44.5 Å². The molecule has 51 heavy (non-hydrogen) atoms. The number of aliphatic hydroxyl groups is 1. The van der Waals surface area contributed by atoms with Crippen LogP contribution in [0.25, 0.3) is 5.57 Å². The molecule has 1 fully saturated rings. The molecule has 11 nitrogen and oxygen atoms in total. The Bertz CT molecular complexity index is 1670. The molecule has 1 aliphatic rings. The van der Waals surface area contributed by atoms with Gasteiger partial charge in [-0.1, -0.05) is 90.5 Å². The van der Waals surface area contributed by atoms with Crippen molar-refractivity contribution in [1.29, 1.82) is 0 Å². The number of imide groups is 1. The second kappa shape index (κ2) is 19.4.